The number of alkyl halides is 2. The molecule has 0 unspecified atom stereocenters. The average molecular weight is 330 g/mol. The third-order valence-electron chi connectivity index (χ3n) is 1.80. The predicted octanol–water partition coefficient (Wildman–Crippen LogP) is 4.43. The molecule has 0 radical (unpaired) electrons. The van der Waals surface area contributed by atoms with Crippen molar-refractivity contribution >= 4 is 31.9 Å². The van der Waals surface area contributed by atoms with Gasteiger partial charge in [0.25, 0.3) is 0 Å². The van der Waals surface area contributed by atoms with Gasteiger partial charge < -0.3 is 4.74 Å². The molecule has 0 heterocycles. The Kier molecular flexibility index (Phi) is 3.89. The minimum absolute atomic E-state index is 0.195. The molecule has 0 aliphatic heterocycles. The summed E-state index contributed by atoms with van der Waals surface area (Å²) in [7, 11) is 0. The second-order valence-electron chi connectivity index (χ2n) is 2.82. The van der Waals surface area contributed by atoms with Crippen LogP contribution < -0.4 is 4.74 Å². The molecular weight excluding hydrogens is 322 g/mol. The van der Waals surface area contributed by atoms with Crippen LogP contribution in [-0.4, -0.2) is 6.61 Å². The van der Waals surface area contributed by atoms with E-state index in [0.717, 1.165) is 10.0 Å². The first-order valence-corrected chi connectivity index (χ1v) is 5.42. The second kappa shape index (κ2) is 4.57. The molecule has 78 valence electrons. The minimum Gasteiger partial charge on any atom is -0.433 e. The van der Waals surface area contributed by atoms with Crippen LogP contribution in [0, 0.1) is 13.8 Å². The van der Waals surface area contributed by atoms with Crippen LogP contribution in [0.15, 0.2) is 15.0 Å². The van der Waals surface area contributed by atoms with Gasteiger partial charge in [0.15, 0.2) is 0 Å². The Morgan fingerprint density at radius 2 is 1.86 bits per heavy atom. The maximum absolute atomic E-state index is 12.1. The lowest BCUT2D eigenvalue weighted by atomic mass is 10.1. The van der Waals surface area contributed by atoms with Crippen LogP contribution in [0.25, 0.3) is 0 Å². The zero-order valence-electron chi connectivity index (χ0n) is 7.57. The molecule has 1 rings (SSSR count). The molecule has 0 bridgehead atoms. The molecule has 0 fully saturated rings. The van der Waals surface area contributed by atoms with Crippen molar-refractivity contribution in [2.45, 2.75) is 20.5 Å². The van der Waals surface area contributed by atoms with Crippen LogP contribution in [0.2, 0.25) is 0 Å². The fourth-order valence-corrected chi connectivity index (χ4v) is 2.47. The Bertz CT molecular complexity index is 353. The normalized spacial score (nSPS) is 10.8. The topological polar surface area (TPSA) is 9.23 Å². The van der Waals surface area contributed by atoms with Gasteiger partial charge in [-0.15, -0.1) is 0 Å². The molecule has 0 aliphatic rings. The third-order valence-corrected chi connectivity index (χ3v) is 3.57. The van der Waals surface area contributed by atoms with Gasteiger partial charge in [-0.25, -0.2) is 0 Å². The van der Waals surface area contributed by atoms with Crippen molar-refractivity contribution in [1.29, 1.82) is 0 Å². The maximum atomic E-state index is 12.1. The fraction of sp³-hybridized carbons (Fsp3) is 0.333. The third kappa shape index (κ3) is 2.45. The highest BCUT2D eigenvalue weighted by Crippen LogP contribution is 2.37. The Balaban J connectivity index is 3.22. The standard InChI is InChI=1S/C9H8Br2F2O/c1-4-3-6(10)5(2)7(11)8(4)14-9(12)13/h3,9H,1-2H3. The first-order valence-electron chi connectivity index (χ1n) is 3.83. The fourth-order valence-electron chi connectivity index (χ4n) is 1.05. The van der Waals surface area contributed by atoms with Crippen molar-refractivity contribution in [3.05, 3.63) is 26.1 Å². The van der Waals surface area contributed by atoms with E-state index in [1.165, 1.54) is 0 Å². The first-order chi connectivity index (χ1) is 6.43. The maximum Gasteiger partial charge on any atom is 0.387 e. The van der Waals surface area contributed by atoms with E-state index in [1.807, 2.05) is 6.92 Å². The van der Waals surface area contributed by atoms with Crippen LogP contribution in [-0.2, 0) is 0 Å². The number of ether oxygens (including phenoxy) is 1. The second-order valence-corrected chi connectivity index (χ2v) is 4.47. The van der Waals surface area contributed by atoms with E-state index in [1.54, 1.807) is 13.0 Å². The SMILES string of the molecule is Cc1cc(Br)c(C)c(Br)c1OC(F)F. The summed E-state index contributed by atoms with van der Waals surface area (Å²) >= 11 is 6.55. The first kappa shape index (κ1) is 11.9. The van der Waals surface area contributed by atoms with Gasteiger partial charge in [0.1, 0.15) is 5.75 Å². The molecule has 1 aromatic carbocycles. The average Bonchev–Trinajstić information content (AvgIpc) is 2.09. The number of halogens is 4. The number of hydrogen-bond donors (Lipinski definition) is 0. The summed E-state index contributed by atoms with van der Waals surface area (Å²) in [5.74, 6) is 0.195. The molecule has 0 amide bonds. The van der Waals surface area contributed by atoms with E-state index in [-0.39, 0.29) is 5.75 Å². The summed E-state index contributed by atoms with van der Waals surface area (Å²) in [6, 6.07) is 1.75. The molecule has 0 aliphatic carbocycles. The molecule has 0 saturated carbocycles. The summed E-state index contributed by atoms with van der Waals surface area (Å²) in [6.45, 7) is 0.726. The molecule has 0 spiro atoms. The number of aryl methyl sites for hydroxylation is 1. The summed E-state index contributed by atoms with van der Waals surface area (Å²) in [4.78, 5) is 0. The molecule has 0 saturated heterocycles. The summed E-state index contributed by atoms with van der Waals surface area (Å²) in [5, 5.41) is 0. The van der Waals surface area contributed by atoms with Crippen LogP contribution in [0.4, 0.5) is 8.78 Å². The number of benzene rings is 1. The molecular formula is C9H8Br2F2O. The lowest BCUT2D eigenvalue weighted by molar-refractivity contribution is -0.0508. The van der Waals surface area contributed by atoms with E-state index in [0.29, 0.717) is 10.0 Å². The van der Waals surface area contributed by atoms with Crippen molar-refractivity contribution in [3.8, 4) is 5.75 Å². The Hall–Kier alpha value is -0.160. The monoisotopic (exact) mass is 328 g/mol. The lowest BCUT2D eigenvalue weighted by Crippen LogP contribution is -2.04. The zero-order chi connectivity index (χ0) is 10.9. The van der Waals surface area contributed by atoms with Gasteiger partial charge in [-0.3, -0.25) is 0 Å². The highest BCUT2D eigenvalue weighted by Gasteiger charge is 2.14. The lowest BCUT2D eigenvalue weighted by Gasteiger charge is -2.13. The summed E-state index contributed by atoms with van der Waals surface area (Å²) < 4.78 is 30.0. The highest BCUT2D eigenvalue weighted by molar-refractivity contribution is 9.11. The van der Waals surface area contributed by atoms with Gasteiger partial charge >= 0.3 is 6.61 Å². The molecule has 5 heteroatoms. The number of hydrogen-bond acceptors (Lipinski definition) is 1. The molecule has 1 aromatic rings. The molecule has 14 heavy (non-hydrogen) atoms. The Morgan fingerprint density at radius 1 is 1.29 bits per heavy atom. The van der Waals surface area contributed by atoms with Crippen LogP contribution in [0.3, 0.4) is 0 Å². The minimum atomic E-state index is -2.80. The summed E-state index contributed by atoms with van der Waals surface area (Å²) in [5.41, 5.74) is 1.50. The van der Waals surface area contributed by atoms with Crippen LogP contribution >= 0.6 is 31.9 Å². The van der Waals surface area contributed by atoms with Crippen molar-refractivity contribution in [2.75, 3.05) is 0 Å². The van der Waals surface area contributed by atoms with Gasteiger partial charge in [-0.05, 0) is 47.0 Å². The Labute approximate surface area is 97.7 Å². The van der Waals surface area contributed by atoms with Crippen molar-refractivity contribution in [3.63, 3.8) is 0 Å². The number of rotatable bonds is 2. The highest BCUT2D eigenvalue weighted by atomic mass is 79.9. The van der Waals surface area contributed by atoms with Crippen LogP contribution in [0.5, 0.6) is 5.75 Å². The van der Waals surface area contributed by atoms with Gasteiger partial charge in [-0.1, -0.05) is 15.9 Å². The predicted molar refractivity (Wildman–Crippen MR) is 57.9 cm³/mol. The molecule has 0 aromatic heterocycles. The van der Waals surface area contributed by atoms with Crippen molar-refractivity contribution in [2.24, 2.45) is 0 Å². The van der Waals surface area contributed by atoms with Gasteiger partial charge in [0, 0.05) is 4.47 Å². The van der Waals surface area contributed by atoms with E-state index in [4.69, 9.17) is 0 Å². The quantitative estimate of drug-likeness (QED) is 0.780. The molecule has 0 N–H and O–H groups in total. The zero-order valence-corrected chi connectivity index (χ0v) is 10.7. The van der Waals surface area contributed by atoms with E-state index in [2.05, 4.69) is 36.6 Å². The smallest absolute Gasteiger partial charge is 0.387 e. The van der Waals surface area contributed by atoms with Gasteiger partial charge in [0.05, 0.1) is 4.47 Å². The van der Waals surface area contributed by atoms with Crippen LogP contribution in [0.1, 0.15) is 11.1 Å². The van der Waals surface area contributed by atoms with E-state index < -0.39 is 6.61 Å². The summed E-state index contributed by atoms with van der Waals surface area (Å²) in [6.07, 6.45) is 0. The van der Waals surface area contributed by atoms with E-state index in [9.17, 15) is 8.78 Å². The molecule has 0 atom stereocenters. The Morgan fingerprint density at radius 3 is 2.36 bits per heavy atom. The van der Waals surface area contributed by atoms with Crippen molar-refractivity contribution < 1.29 is 13.5 Å². The van der Waals surface area contributed by atoms with Crippen molar-refractivity contribution in [1.82, 2.24) is 0 Å². The molecule has 1 nitrogen and oxygen atoms in total. The van der Waals surface area contributed by atoms with E-state index >= 15 is 0 Å². The largest absolute Gasteiger partial charge is 0.433 e. The van der Waals surface area contributed by atoms with Gasteiger partial charge in [0.2, 0.25) is 0 Å². The van der Waals surface area contributed by atoms with Gasteiger partial charge in [-0.2, -0.15) is 8.78 Å².